The van der Waals surface area contributed by atoms with Crippen molar-refractivity contribution in [3.8, 4) is 0 Å². The molecule has 0 spiro atoms. The lowest BCUT2D eigenvalue weighted by atomic mass is 10.1. The van der Waals surface area contributed by atoms with Gasteiger partial charge in [0.05, 0.1) is 0 Å². The van der Waals surface area contributed by atoms with Gasteiger partial charge >= 0.3 is 0 Å². The van der Waals surface area contributed by atoms with E-state index >= 15 is 0 Å². The van der Waals surface area contributed by atoms with Gasteiger partial charge < -0.3 is 15.4 Å². The quantitative estimate of drug-likeness (QED) is 0.362. The van der Waals surface area contributed by atoms with Crippen LogP contribution < -0.4 is 10.6 Å². The molecule has 0 aromatic heterocycles. The second-order valence-electron chi connectivity index (χ2n) is 6.93. The number of ether oxygens (including phenoxy) is 1. The SMILES string of the molecule is CCCCCCCCCCC(C)NC(=O)CCNCCCCOC. The predicted octanol–water partition coefficient (Wildman–Crippen LogP) is 4.43. The number of unbranched alkanes of at least 4 members (excludes halogenated alkanes) is 8. The van der Waals surface area contributed by atoms with Gasteiger partial charge in [-0.2, -0.15) is 0 Å². The van der Waals surface area contributed by atoms with E-state index in [1.54, 1.807) is 7.11 Å². The van der Waals surface area contributed by atoms with Crippen molar-refractivity contribution < 1.29 is 9.53 Å². The number of hydrogen-bond acceptors (Lipinski definition) is 3. The first kappa shape index (κ1) is 23.4. The molecule has 1 unspecified atom stereocenters. The van der Waals surface area contributed by atoms with Crippen molar-refractivity contribution in [2.45, 2.75) is 96.9 Å². The zero-order valence-electron chi connectivity index (χ0n) is 16.5. The van der Waals surface area contributed by atoms with Gasteiger partial charge in [-0.15, -0.1) is 0 Å². The van der Waals surface area contributed by atoms with Crippen molar-refractivity contribution in [3.63, 3.8) is 0 Å². The Morgan fingerprint density at radius 1 is 0.917 bits per heavy atom. The Kier molecular flexibility index (Phi) is 18.2. The normalized spacial score (nSPS) is 12.3. The van der Waals surface area contributed by atoms with Crippen molar-refractivity contribution in [3.05, 3.63) is 0 Å². The fraction of sp³-hybridized carbons (Fsp3) is 0.950. The molecule has 1 amide bonds. The second kappa shape index (κ2) is 18.7. The maximum Gasteiger partial charge on any atom is 0.221 e. The van der Waals surface area contributed by atoms with Crippen LogP contribution in [0.25, 0.3) is 0 Å². The highest BCUT2D eigenvalue weighted by molar-refractivity contribution is 5.76. The van der Waals surface area contributed by atoms with Crippen LogP contribution in [0.2, 0.25) is 0 Å². The van der Waals surface area contributed by atoms with Crippen LogP contribution in [0.1, 0.15) is 90.9 Å². The molecular weight excluding hydrogens is 300 g/mol. The van der Waals surface area contributed by atoms with E-state index in [0.717, 1.165) is 39.0 Å². The van der Waals surface area contributed by atoms with Crippen molar-refractivity contribution >= 4 is 5.91 Å². The summed E-state index contributed by atoms with van der Waals surface area (Å²) in [4.78, 5) is 11.9. The minimum absolute atomic E-state index is 0.173. The third-order valence-electron chi connectivity index (χ3n) is 4.38. The molecule has 0 aliphatic heterocycles. The molecular formula is C20H42N2O2. The van der Waals surface area contributed by atoms with E-state index < -0.39 is 0 Å². The van der Waals surface area contributed by atoms with Crippen molar-refractivity contribution in [2.24, 2.45) is 0 Å². The topological polar surface area (TPSA) is 50.4 Å². The molecule has 0 bridgehead atoms. The highest BCUT2D eigenvalue weighted by atomic mass is 16.5. The summed E-state index contributed by atoms with van der Waals surface area (Å²) < 4.78 is 5.01. The van der Waals surface area contributed by atoms with Gasteiger partial charge in [-0.3, -0.25) is 4.79 Å². The Bertz CT molecular complexity index is 272. The minimum atomic E-state index is 0.173. The number of nitrogens with one attached hydrogen (secondary N) is 2. The average molecular weight is 343 g/mol. The molecule has 1 atom stereocenters. The van der Waals surface area contributed by atoms with E-state index in [1.807, 2.05) is 0 Å². The molecule has 24 heavy (non-hydrogen) atoms. The lowest BCUT2D eigenvalue weighted by Crippen LogP contribution is -2.34. The number of methoxy groups -OCH3 is 1. The molecule has 0 aromatic carbocycles. The van der Waals surface area contributed by atoms with E-state index in [4.69, 9.17) is 4.74 Å². The summed E-state index contributed by atoms with van der Waals surface area (Å²) in [6, 6.07) is 0.305. The number of rotatable bonds is 18. The van der Waals surface area contributed by atoms with E-state index in [0.29, 0.717) is 12.5 Å². The van der Waals surface area contributed by atoms with Gasteiger partial charge in [0.2, 0.25) is 5.91 Å². The molecule has 0 aromatic rings. The maximum absolute atomic E-state index is 11.9. The van der Waals surface area contributed by atoms with Gasteiger partial charge in [0.15, 0.2) is 0 Å². The first-order valence-corrected chi connectivity index (χ1v) is 10.2. The summed E-state index contributed by atoms with van der Waals surface area (Å²) in [6.07, 6.45) is 14.6. The van der Waals surface area contributed by atoms with Crippen LogP contribution in [-0.4, -0.2) is 38.8 Å². The fourth-order valence-electron chi connectivity index (χ4n) is 2.83. The summed E-state index contributed by atoms with van der Waals surface area (Å²) in [6.45, 7) is 6.93. The van der Waals surface area contributed by atoms with Crippen molar-refractivity contribution in [1.29, 1.82) is 0 Å². The highest BCUT2D eigenvalue weighted by Gasteiger charge is 2.06. The van der Waals surface area contributed by atoms with Crippen LogP contribution in [0.3, 0.4) is 0 Å². The Morgan fingerprint density at radius 2 is 1.58 bits per heavy atom. The third-order valence-corrected chi connectivity index (χ3v) is 4.38. The number of amides is 1. The van der Waals surface area contributed by atoms with Crippen LogP contribution in [-0.2, 0) is 9.53 Å². The van der Waals surface area contributed by atoms with Gasteiger partial charge in [-0.05, 0) is 32.7 Å². The summed E-state index contributed by atoms with van der Waals surface area (Å²) in [5.74, 6) is 0.173. The smallest absolute Gasteiger partial charge is 0.221 e. The summed E-state index contributed by atoms with van der Waals surface area (Å²) >= 11 is 0. The molecule has 144 valence electrons. The largest absolute Gasteiger partial charge is 0.385 e. The molecule has 0 aliphatic rings. The highest BCUT2D eigenvalue weighted by Crippen LogP contribution is 2.10. The van der Waals surface area contributed by atoms with Crippen LogP contribution in [0, 0.1) is 0 Å². The Hall–Kier alpha value is -0.610. The predicted molar refractivity (Wildman–Crippen MR) is 103 cm³/mol. The third kappa shape index (κ3) is 17.7. The fourth-order valence-corrected chi connectivity index (χ4v) is 2.83. The van der Waals surface area contributed by atoms with Crippen LogP contribution in [0.5, 0.6) is 0 Å². The lowest BCUT2D eigenvalue weighted by Gasteiger charge is -2.14. The van der Waals surface area contributed by atoms with Gasteiger partial charge in [-0.25, -0.2) is 0 Å². The van der Waals surface area contributed by atoms with E-state index in [-0.39, 0.29) is 5.91 Å². The Balaban J connectivity index is 3.33. The molecule has 0 rings (SSSR count). The summed E-state index contributed by atoms with van der Waals surface area (Å²) in [5, 5.41) is 6.42. The lowest BCUT2D eigenvalue weighted by molar-refractivity contribution is -0.121. The van der Waals surface area contributed by atoms with Gasteiger partial charge in [0.25, 0.3) is 0 Å². The van der Waals surface area contributed by atoms with Crippen molar-refractivity contribution in [2.75, 3.05) is 26.8 Å². The first-order chi connectivity index (χ1) is 11.7. The summed E-state index contributed by atoms with van der Waals surface area (Å²) in [7, 11) is 1.73. The monoisotopic (exact) mass is 342 g/mol. The van der Waals surface area contributed by atoms with Crippen molar-refractivity contribution in [1.82, 2.24) is 10.6 Å². The second-order valence-corrected chi connectivity index (χ2v) is 6.93. The zero-order chi connectivity index (χ0) is 17.9. The molecule has 0 radical (unpaired) electrons. The van der Waals surface area contributed by atoms with Gasteiger partial charge in [0, 0.05) is 32.7 Å². The van der Waals surface area contributed by atoms with Gasteiger partial charge in [0.1, 0.15) is 0 Å². The maximum atomic E-state index is 11.9. The summed E-state index contributed by atoms with van der Waals surface area (Å²) in [5.41, 5.74) is 0. The molecule has 0 saturated carbocycles. The minimum Gasteiger partial charge on any atom is -0.385 e. The molecule has 4 nitrogen and oxygen atoms in total. The molecule has 0 saturated heterocycles. The van der Waals surface area contributed by atoms with Crippen LogP contribution in [0.4, 0.5) is 0 Å². The van der Waals surface area contributed by atoms with Crippen LogP contribution in [0.15, 0.2) is 0 Å². The van der Waals surface area contributed by atoms with E-state index in [9.17, 15) is 4.79 Å². The van der Waals surface area contributed by atoms with E-state index in [2.05, 4.69) is 24.5 Å². The Morgan fingerprint density at radius 3 is 2.25 bits per heavy atom. The molecule has 0 aliphatic carbocycles. The number of carbonyl (C=O) groups is 1. The van der Waals surface area contributed by atoms with Crippen LogP contribution >= 0.6 is 0 Å². The van der Waals surface area contributed by atoms with Gasteiger partial charge in [-0.1, -0.05) is 58.3 Å². The average Bonchev–Trinajstić information content (AvgIpc) is 2.56. The molecule has 2 N–H and O–H groups in total. The molecule has 0 heterocycles. The Labute approximate surface area is 150 Å². The first-order valence-electron chi connectivity index (χ1n) is 10.2. The van der Waals surface area contributed by atoms with E-state index in [1.165, 1.54) is 51.4 Å². The molecule has 4 heteroatoms. The number of hydrogen-bond donors (Lipinski definition) is 2. The molecule has 0 fully saturated rings. The number of carbonyl (C=O) groups excluding carboxylic acids is 1. The standard InChI is InChI=1S/C20H42N2O2/c1-4-5-6-7-8-9-10-11-14-19(2)22-20(23)15-17-21-16-12-13-18-24-3/h19,21H,4-18H2,1-3H3,(H,22,23). The zero-order valence-corrected chi connectivity index (χ0v) is 16.5.